The number of methoxy groups -OCH3 is 1. The Morgan fingerprint density at radius 3 is 2.87 bits per heavy atom. The first-order valence-electron chi connectivity index (χ1n) is 9.98. The second kappa shape index (κ2) is 8.31. The molecule has 0 bridgehead atoms. The molecule has 9 nitrogen and oxygen atoms in total. The third kappa shape index (κ3) is 3.58. The summed E-state index contributed by atoms with van der Waals surface area (Å²) in [6.07, 6.45) is 3.17. The number of pyridine rings is 1. The molecular weight excluding hydrogens is 389 g/mol. The molecule has 4 heterocycles. The first kappa shape index (κ1) is 20.1. The van der Waals surface area contributed by atoms with Crippen molar-refractivity contribution >= 4 is 17.1 Å². The number of hydrogen-bond acceptors (Lipinski definition) is 8. The minimum absolute atomic E-state index is 0.0877. The normalized spacial score (nSPS) is 16.6. The molecular formula is C20H24FN7O2. The third-order valence-electron chi connectivity index (χ3n) is 5.16. The third-order valence-corrected chi connectivity index (χ3v) is 5.16. The number of anilines is 1. The van der Waals surface area contributed by atoms with Crippen molar-refractivity contribution in [1.29, 1.82) is 0 Å². The van der Waals surface area contributed by atoms with E-state index >= 15 is 0 Å². The van der Waals surface area contributed by atoms with Gasteiger partial charge in [0, 0.05) is 24.8 Å². The lowest BCUT2D eigenvalue weighted by atomic mass is 10.1. The predicted molar refractivity (Wildman–Crippen MR) is 111 cm³/mol. The van der Waals surface area contributed by atoms with Gasteiger partial charge >= 0.3 is 0 Å². The molecule has 158 valence electrons. The molecule has 1 aliphatic heterocycles. The van der Waals surface area contributed by atoms with Crippen molar-refractivity contribution in [2.45, 2.75) is 32.7 Å². The fraction of sp³-hybridized carbons (Fsp3) is 0.450. The van der Waals surface area contributed by atoms with Crippen LogP contribution in [0.4, 0.5) is 10.3 Å². The molecule has 0 spiro atoms. The largest absolute Gasteiger partial charge is 0.479 e. The molecule has 2 N–H and O–H groups in total. The summed E-state index contributed by atoms with van der Waals surface area (Å²) >= 11 is 0. The predicted octanol–water partition coefficient (Wildman–Crippen LogP) is 2.06. The molecule has 1 saturated heterocycles. The van der Waals surface area contributed by atoms with Crippen LogP contribution in [0.1, 0.15) is 31.5 Å². The van der Waals surface area contributed by atoms with E-state index in [0.717, 1.165) is 19.4 Å². The summed E-state index contributed by atoms with van der Waals surface area (Å²) in [5.74, 6) is -0.338. The summed E-state index contributed by atoms with van der Waals surface area (Å²) in [5.41, 5.74) is 1.69. The molecule has 1 aliphatic rings. The fourth-order valence-electron chi connectivity index (χ4n) is 3.74. The molecule has 0 saturated carbocycles. The number of hydrogen-bond donors (Lipinski definition) is 2. The second-order valence-electron chi connectivity index (χ2n) is 7.19. The highest BCUT2D eigenvalue weighted by atomic mass is 19.1. The Balaban J connectivity index is 1.99. The summed E-state index contributed by atoms with van der Waals surface area (Å²) in [4.78, 5) is 31.1. The van der Waals surface area contributed by atoms with Gasteiger partial charge in [-0.1, -0.05) is 0 Å². The van der Waals surface area contributed by atoms with E-state index < -0.39 is 5.82 Å². The maximum Gasteiger partial charge on any atom is 0.279 e. The molecule has 1 unspecified atom stereocenters. The standard InChI is InChI=1S/C20H24FN7O2/c1-4-23-20-25-11(2)15-17(27-20)28(13-6-5-7-22-10-13)19(29)16(26-15)12-8-14(21)18(30-3)24-9-12/h8-9,13,22H,4-7,10H2,1-3H3,(H,23,25,27). The van der Waals surface area contributed by atoms with Crippen LogP contribution in [-0.4, -0.2) is 51.2 Å². The Hall–Kier alpha value is -3.14. The number of aromatic nitrogens is 5. The molecule has 4 rings (SSSR count). The molecule has 0 aromatic carbocycles. The van der Waals surface area contributed by atoms with Gasteiger partial charge in [0.15, 0.2) is 11.5 Å². The van der Waals surface area contributed by atoms with Gasteiger partial charge in [0.05, 0.1) is 18.8 Å². The highest BCUT2D eigenvalue weighted by Gasteiger charge is 2.24. The molecule has 0 amide bonds. The zero-order valence-corrected chi connectivity index (χ0v) is 17.2. The zero-order chi connectivity index (χ0) is 21.3. The van der Waals surface area contributed by atoms with E-state index in [4.69, 9.17) is 4.74 Å². The Labute approximate surface area is 172 Å². The van der Waals surface area contributed by atoms with E-state index in [9.17, 15) is 9.18 Å². The van der Waals surface area contributed by atoms with Gasteiger partial charge in [0.1, 0.15) is 11.2 Å². The van der Waals surface area contributed by atoms with Gasteiger partial charge in [-0.05, 0) is 39.3 Å². The number of halogens is 1. The van der Waals surface area contributed by atoms with Gasteiger partial charge in [-0.3, -0.25) is 9.36 Å². The van der Waals surface area contributed by atoms with Gasteiger partial charge < -0.3 is 15.4 Å². The zero-order valence-electron chi connectivity index (χ0n) is 17.2. The van der Waals surface area contributed by atoms with Gasteiger partial charge in [0.25, 0.3) is 5.56 Å². The molecule has 1 atom stereocenters. The van der Waals surface area contributed by atoms with Crippen molar-refractivity contribution in [3.05, 3.63) is 34.1 Å². The van der Waals surface area contributed by atoms with Crippen LogP contribution in [0.5, 0.6) is 5.88 Å². The van der Waals surface area contributed by atoms with Crippen LogP contribution in [0.15, 0.2) is 17.1 Å². The van der Waals surface area contributed by atoms with Crippen LogP contribution in [-0.2, 0) is 0 Å². The number of ether oxygens (including phenoxy) is 1. The van der Waals surface area contributed by atoms with Crippen molar-refractivity contribution in [3.63, 3.8) is 0 Å². The van der Waals surface area contributed by atoms with E-state index in [1.54, 1.807) is 4.57 Å². The van der Waals surface area contributed by atoms with Crippen molar-refractivity contribution < 1.29 is 9.13 Å². The first-order chi connectivity index (χ1) is 14.5. The van der Waals surface area contributed by atoms with E-state index in [1.807, 2.05) is 13.8 Å². The van der Waals surface area contributed by atoms with Crippen LogP contribution in [0.3, 0.4) is 0 Å². The Bertz CT molecular complexity index is 1140. The van der Waals surface area contributed by atoms with Crippen molar-refractivity contribution in [1.82, 2.24) is 29.8 Å². The molecule has 1 fully saturated rings. The Kier molecular flexibility index (Phi) is 5.58. The Morgan fingerprint density at radius 1 is 1.37 bits per heavy atom. The molecule has 3 aromatic rings. The van der Waals surface area contributed by atoms with Crippen molar-refractivity contribution in [2.24, 2.45) is 0 Å². The van der Waals surface area contributed by atoms with E-state index in [1.165, 1.54) is 19.4 Å². The molecule has 10 heteroatoms. The monoisotopic (exact) mass is 413 g/mol. The van der Waals surface area contributed by atoms with E-state index in [-0.39, 0.29) is 28.7 Å². The first-order valence-corrected chi connectivity index (χ1v) is 9.98. The Morgan fingerprint density at radius 2 is 2.20 bits per heavy atom. The maximum atomic E-state index is 14.3. The highest BCUT2D eigenvalue weighted by Crippen LogP contribution is 2.26. The minimum Gasteiger partial charge on any atom is -0.479 e. The summed E-state index contributed by atoms with van der Waals surface area (Å²) < 4.78 is 20.8. The second-order valence-corrected chi connectivity index (χ2v) is 7.19. The topological polar surface area (TPSA) is 107 Å². The van der Waals surface area contributed by atoms with Crippen molar-refractivity contribution in [3.8, 4) is 17.1 Å². The molecule has 0 aliphatic carbocycles. The van der Waals surface area contributed by atoms with E-state index in [2.05, 4.69) is 30.6 Å². The van der Waals surface area contributed by atoms with Crippen LogP contribution < -0.4 is 20.9 Å². The lowest BCUT2D eigenvalue weighted by Gasteiger charge is -2.26. The van der Waals surface area contributed by atoms with Crippen molar-refractivity contribution in [2.75, 3.05) is 32.1 Å². The smallest absolute Gasteiger partial charge is 0.279 e. The summed E-state index contributed by atoms with van der Waals surface area (Å²) in [6, 6.07) is 1.13. The average molecular weight is 413 g/mol. The average Bonchev–Trinajstić information content (AvgIpc) is 2.74. The van der Waals surface area contributed by atoms with Gasteiger partial charge in [-0.2, -0.15) is 4.98 Å². The van der Waals surface area contributed by atoms with Gasteiger partial charge in [-0.25, -0.2) is 19.3 Å². The number of rotatable bonds is 5. The van der Waals surface area contributed by atoms with E-state index in [0.29, 0.717) is 35.9 Å². The molecule has 3 aromatic heterocycles. The molecule has 30 heavy (non-hydrogen) atoms. The maximum absolute atomic E-state index is 14.3. The lowest BCUT2D eigenvalue weighted by molar-refractivity contribution is 0.368. The van der Waals surface area contributed by atoms with Crippen LogP contribution in [0.2, 0.25) is 0 Å². The molecule has 0 radical (unpaired) electrons. The van der Waals surface area contributed by atoms with Gasteiger partial charge in [0.2, 0.25) is 11.8 Å². The lowest BCUT2D eigenvalue weighted by Crippen LogP contribution is -2.38. The van der Waals surface area contributed by atoms with Crippen LogP contribution in [0.25, 0.3) is 22.4 Å². The quantitative estimate of drug-likeness (QED) is 0.655. The SMILES string of the molecule is CCNc1nc(C)c2nc(-c3cnc(OC)c(F)c3)c(=O)n(C3CCCNC3)c2n1. The van der Waals surface area contributed by atoms with Gasteiger partial charge in [-0.15, -0.1) is 0 Å². The van der Waals surface area contributed by atoms with Crippen LogP contribution in [0, 0.1) is 12.7 Å². The number of nitrogens with one attached hydrogen (secondary N) is 2. The number of fused-ring (bicyclic) bond motifs is 1. The number of nitrogens with zero attached hydrogens (tertiary/aromatic N) is 5. The number of piperidine rings is 1. The summed E-state index contributed by atoms with van der Waals surface area (Å²) in [7, 11) is 1.34. The summed E-state index contributed by atoms with van der Waals surface area (Å²) in [5, 5.41) is 6.44. The van der Waals surface area contributed by atoms with Crippen LogP contribution >= 0.6 is 0 Å². The highest BCUT2D eigenvalue weighted by molar-refractivity contribution is 5.77. The fourth-order valence-corrected chi connectivity index (χ4v) is 3.74. The number of aryl methyl sites for hydroxylation is 1. The minimum atomic E-state index is -0.655. The summed E-state index contributed by atoms with van der Waals surface area (Å²) in [6.45, 7) is 5.98.